The molecule has 4 heteroatoms. The maximum atomic E-state index is 12.5. The highest BCUT2D eigenvalue weighted by atomic mass is 32.2. The van der Waals surface area contributed by atoms with Crippen LogP contribution in [0.25, 0.3) is 0 Å². The Labute approximate surface area is 143 Å². The number of carbonyl (C=O) groups is 1. The summed E-state index contributed by atoms with van der Waals surface area (Å²) in [5.74, 6) is 1.60. The molecule has 23 heavy (non-hydrogen) atoms. The van der Waals surface area contributed by atoms with Gasteiger partial charge >= 0.3 is 0 Å². The number of aromatic nitrogens is 1. The predicted molar refractivity (Wildman–Crippen MR) is 97.5 cm³/mol. The lowest BCUT2D eigenvalue weighted by Gasteiger charge is -2.09. The fourth-order valence-electron chi connectivity index (χ4n) is 2.71. The van der Waals surface area contributed by atoms with Crippen molar-refractivity contribution in [3.05, 3.63) is 58.4 Å². The Morgan fingerprint density at radius 3 is 2.65 bits per heavy atom. The van der Waals surface area contributed by atoms with Crippen LogP contribution in [0.1, 0.15) is 32.9 Å². The van der Waals surface area contributed by atoms with E-state index in [1.54, 1.807) is 18.9 Å². The molecule has 1 aromatic carbocycles. The molecule has 0 saturated carbocycles. The molecule has 0 amide bonds. The van der Waals surface area contributed by atoms with Gasteiger partial charge in [-0.05, 0) is 38.0 Å². The van der Waals surface area contributed by atoms with E-state index in [0.29, 0.717) is 12.4 Å². The molecule has 1 heterocycles. The van der Waals surface area contributed by atoms with Crippen LogP contribution in [0.2, 0.25) is 0 Å². The van der Waals surface area contributed by atoms with Gasteiger partial charge in [-0.15, -0.1) is 11.8 Å². The minimum atomic E-state index is 0.209. The Bertz CT molecular complexity index is 676. The van der Waals surface area contributed by atoms with Crippen LogP contribution in [-0.4, -0.2) is 29.8 Å². The topological polar surface area (TPSA) is 31.2 Å². The summed E-state index contributed by atoms with van der Waals surface area (Å²) in [6.07, 6.45) is 0. The van der Waals surface area contributed by atoms with Crippen molar-refractivity contribution in [3.8, 4) is 0 Å². The molecule has 1 aromatic heterocycles. The third kappa shape index (κ3) is 4.49. The summed E-state index contributed by atoms with van der Waals surface area (Å²) < 4.78 is 7.30. The van der Waals surface area contributed by atoms with Crippen molar-refractivity contribution in [2.45, 2.75) is 33.1 Å². The maximum absolute atomic E-state index is 12.5. The fraction of sp³-hybridized carbons (Fsp3) is 0.421. The van der Waals surface area contributed by atoms with Crippen LogP contribution in [0, 0.1) is 20.8 Å². The molecule has 0 atom stereocenters. The number of benzene rings is 1. The van der Waals surface area contributed by atoms with Crippen LogP contribution in [0.4, 0.5) is 0 Å². The average molecular weight is 331 g/mol. The molecule has 0 aliphatic rings. The molecule has 0 unspecified atom stereocenters. The van der Waals surface area contributed by atoms with Crippen LogP contribution >= 0.6 is 11.8 Å². The van der Waals surface area contributed by atoms with Gasteiger partial charge < -0.3 is 9.30 Å². The Balaban J connectivity index is 1.97. The van der Waals surface area contributed by atoms with Gasteiger partial charge in [-0.1, -0.05) is 24.3 Å². The lowest BCUT2D eigenvalue weighted by molar-refractivity contribution is 0.102. The number of carbonyl (C=O) groups excluding carboxylic acids is 1. The summed E-state index contributed by atoms with van der Waals surface area (Å²) in [5.41, 5.74) is 5.59. The van der Waals surface area contributed by atoms with E-state index in [9.17, 15) is 4.79 Å². The fourth-order valence-corrected chi connectivity index (χ4v) is 3.70. The number of thioether (sulfide) groups is 1. The number of nitrogens with zero attached hydrogens (tertiary/aromatic N) is 1. The Hall–Kier alpha value is -1.52. The first-order chi connectivity index (χ1) is 11.0. The normalized spacial score (nSPS) is 11.0. The number of aryl methyl sites for hydroxylation is 2. The lowest BCUT2D eigenvalue weighted by Crippen LogP contribution is -2.09. The molecule has 0 bridgehead atoms. The van der Waals surface area contributed by atoms with Crippen molar-refractivity contribution in [3.63, 3.8) is 0 Å². The molecule has 0 N–H and O–H groups in total. The Morgan fingerprint density at radius 2 is 1.96 bits per heavy atom. The molecule has 124 valence electrons. The molecular weight excluding hydrogens is 306 g/mol. The van der Waals surface area contributed by atoms with Crippen LogP contribution in [0.15, 0.2) is 30.3 Å². The molecule has 0 aliphatic heterocycles. The molecule has 0 radical (unpaired) electrons. The molecule has 0 spiro atoms. The number of methoxy groups -OCH3 is 1. The van der Waals surface area contributed by atoms with Crippen molar-refractivity contribution in [2.24, 2.45) is 0 Å². The summed E-state index contributed by atoms with van der Waals surface area (Å²) in [6, 6.07) is 10.3. The average Bonchev–Trinajstić information content (AvgIpc) is 2.82. The predicted octanol–water partition coefficient (Wildman–Crippen LogP) is 4.18. The van der Waals surface area contributed by atoms with E-state index in [1.165, 1.54) is 11.1 Å². The minimum absolute atomic E-state index is 0.209. The number of hydrogen-bond donors (Lipinski definition) is 0. The van der Waals surface area contributed by atoms with E-state index < -0.39 is 0 Å². The molecule has 0 aliphatic carbocycles. The first kappa shape index (κ1) is 17.8. The number of ketones is 1. The zero-order valence-corrected chi connectivity index (χ0v) is 15.2. The van der Waals surface area contributed by atoms with Gasteiger partial charge in [-0.25, -0.2) is 0 Å². The Morgan fingerprint density at radius 1 is 1.22 bits per heavy atom. The standard InChI is InChI=1S/C19H25NO2S/c1-14-7-5-6-8-17(14)12-23-13-19(21)18-11-15(2)20(16(18)3)9-10-22-4/h5-8,11H,9-10,12-13H2,1-4H3. The summed E-state index contributed by atoms with van der Waals surface area (Å²) in [5, 5.41) is 0. The van der Waals surface area contributed by atoms with Crippen LogP contribution in [0.3, 0.4) is 0 Å². The summed E-state index contributed by atoms with van der Waals surface area (Å²) >= 11 is 1.68. The molecule has 3 nitrogen and oxygen atoms in total. The van der Waals surface area contributed by atoms with Gasteiger partial charge in [0.25, 0.3) is 0 Å². The quantitative estimate of drug-likeness (QED) is 0.680. The van der Waals surface area contributed by atoms with Gasteiger partial charge in [-0.2, -0.15) is 0 Å². The minimum Gasteiger partial charge on any atom is -0.383 e. The van der Waals surface area contributed by atoms with Crippen molar-refractivity contribution >= 4 is 17.5 Å². The van der Waals surface area contributed by atoms with Crippen molar-refractivity contribution in [2.75, 3.05) is 19.5 Å². The number of hydrogen-bond acceptors (Lipinski definition) is 3. The first-order valence-corrected chi connectivity index (χ1v) is 9.01. The third-order valence-electron chi connectivity index (χ3n) is 4.15. The summed E-state index contributed by atoms with van der Waals surface area (Å²) in [4.78, 5) is 12.5. The lowest BCUT2D eigenvalue weighted by atomic mass is 10.1. The van der Waals surface area contributed by atoms with E-state index in [0.717, 1.165) is 29.2 Å². The van der Waals surface area contributed by atoms with Crippen LogP contribution in [-0.2, 0) is 17.0 Å². The second-order valence-electron chi connectivity index (χ2n) is 5.77. The highest BCUT2D eigenvalue weighted by Gasteiger charge is 2.15. The molecule has 2 rings (SSSR count). The summed E-state index contributed by atoms with van der Waals surface area (Å²) in [6.45, 7) is 7.62. The number of Topliss-reactive ketones (excluding diaryl/α,β-unsaturated/α-hetero) is 1. The Kier molecular flexibility index (Phi) is 6.48. The third-order valence-corrected chi connectivity index (χ3v) is 5.13. The van der Waals surface area contributed by atoms with E-state index in [1.807, 2.05) is 32.0 Å². The highest BCUT2D eigenvalue weighted by molar-refractivity contribution is 7.99. The van der Waals surface area contributed by atoms with E-state index in [4.69, 9.17) is 4.74 Å². The zero-order chi connectivity index (χ0) is 16.8. The first-order valence-electron chi connectivity index (χ1n) is 7.85. The molecule has 0 saturated heterocycles. The second-order valence-corrected chi connectivity index (χ2v) is 6.76. The van der Waals surface area contributed by atoms with Gasteiger partial charge in [0.15, 0.2) is 5.78 Å². The van der Waals surface area contributed by atoms with Crippen LogP contribution in [0.5, 0.6) is 0 Å². The monoisotopic (exact) mass is 331 g/mol. The van der Waals surface area contributed by atoms with Gasteiger partial charge in [0.2, 0.25) is 0 Å². The van der Waals surface area contributed by atoms with Gasteiger partial charge in [0.1, 0.15) is 0 Å². The van der Waals surface area contributed by atoms with Crippen LogP contribution < -0.4 is 0 Å². The van der Waals surface area contributed by atoms with Gasteiger partial charge in [-0.3, -0.25) is 4.79 Å². The second kappa shape index (κ2) is 8.37. The zero-order valence-electron chi connectivity index (χ0n) is 14.4. The molecular formula is C19H25NO2S. The maximum Gasteiger partial charge on any atom is 0.174 e. The summed E-state index contributed by atoms with van der Waals surface area (Å²) in [7, 11) is 1.70. The highest BCUT2D eigenvalue weighted by Crippen LogP contribution is 2.20. The molecule has 2 aromatic rings. The largest absolute Gasteiger partial charge is 0.383 e. The number of ether oxygens (including phenoxy) is 1. The van der Waals surface area contributed by atoms with Crippen molar-refractivity contribution in [1.29, 1.82) is 0 Å². The van der Waals surface area contributed by atoms with E-state index >= 15 is 0 Å². The van der Waals surface area contributed by atoms with E-state index in [-0.39, 0.29) is 5.78 Å². The smallest absolute Gasteiger partial charge is 0.174 e. The van der Waals surface area contributed by atoms with Crippen molar-refractivity contribution in [1.82, 2.24) is 4.57 Å². The molecule has 0 fully saturated rings. The van der Waals surface area contributed by atoms with E-state index in [2.05, 4.69) is 23.6 Å². The van der Waals surface area contributed by atoms with Gasteiger partial charge in [0, 0.05) is 36.4 Å². The van der Waals surface area contributed by atoms with Crippen molar-refractivity contribution < 1.29 is 9.53 Å². The van der Waals surface area contributed by atoms with Gasteiger partial charge in [0.05, 0.1) is 12.4 Å². The number of rotatable bonds is 8. The SMILES string of the molecule is COCCn1c(C)cc(C(=O)CSCc2ccccc2C)c1C.